The zero-order valence-electron chi connectivity index (χ0n) is 17.2. The van der Waals surface area contributed by atoms with Gasteiger partial charge in [0.25, 0.3) is 0 Å². The molecule has 2 aromatic carbocycles. The van der Waals surface area contributed by atoms with Crippen LogP contribution in [0.4, 0.5) is 15.9 Å². The van der Waals surface area contributed by atoms with Crippen LogP contribution in [0.2, 0.25) is 0 Å². The van der Waals surface area contributed by atoms with Crippen molar-refractivity contribution in [2.75, 3.05) is 11.1 Å². The van der Waals surface area contributed by atoms with Gasteiger partial charge in [-0.1, -0.05) is 17.7 Å². The summed E-state index contributed by atoms with van der Waals surface area (Å²) in [6.45, 7) is 1.87. The first kappa shape index (κ1) is 19.2. The summed E-state index contributed by atoms with van der Waals surface area (Å²) in [4.78, 5) is 21.1. The molecule has 0 radical (unpaired) electrons. The van der Waals surface area contributed by atoms with Gasteiger partial charge >= 0.3 is 0 Å². The standard InChI is InChI=1S/C24H22FN5O/c1-14-5-10-19(25)15(11-14)12-21(31)29-16-6-8-17(9-7-16)30-20-4-2-3-18(20)22-23(30)24(26)28-13-27-22/h5-11,13H,2-4,12H2,1H3,(H,29,31)(H2,26,27,28). The van der Waals surface area contributed by atoms with Crippen LogP contribution in [0.3, 0.4) is 0 Å². The maximum absolute atomic E-state index is 13.9. The quantitative estimate of drug-likeness (QED) is 0.525. The van der Waals surface area contributed by atoms with Crippen LogP contribution in [-0.4, -0.2) is 20.4 Å². The molecule has 0 unspecified atom stereocenters. The van der Waals surface area contributed by atoms with Gasteiger partial charge in [-0.05, 0) is 67.6 Å². The van der Waals surface area contributed by atoms with E-state index in [0.29, 0.717) is 17.1 Å². The molecule has 7 heteroatoms. The third kappa shape index (κ3) is 3.42. The average molecular weight is 415 g/mol. The summed E-state index contributed by atoms with van der Waals surface area (Å²) >= 11 is 0. The van der Waals surface area contributed by atoms with Crippen molar-refractivity contribution in [3.63, 3.8) is 0 Å². The number of benzene rings is 2. The van der Waals surface area contributed by atoms with Gasteiger partial charge in [0.2, 0.25) is 5.91 Å². The zero-order chi connectivity index (χ0) is 21.5. The number of nitrogens with two attached hydrogens (primary N) is 1. The summed E-state index contributed by atoms with van der Waals surface area (Å²) in [5.74, 6) is -0.177. The van der Waals surface area contributed by atoms with Crippen LogP contribution in [0.5, 0.6) is 0 Å². The number of hydrogen-bond acceptors (Lipinski definition) is 4. The molecule has 5 rings (SSSR count). The first-order valence-electron chi connectivity index (χ1n) is 10.3. The molecule has 0 aliphatic heterocycles. The number of nitrogens with one attached hydrogen (secondary N) is 1. The average Bonchev–Trinajstić information content (AvgIpc) is 3.33. The second-order valence-electron chi connectivity index (χ2n) is 7.94. The number of fused-ring (bicyclic) bond motifs is 3. The Morgan fingerprint density at radius 3 is 2.77 bits per heavy atom. The van der Waals surface area contributed by atoms with Gasteiger partial charge in [0, 0.05) is 17.1 Å². The number of aryl methyl sites for hydroxylation is 2. The van der Waals surface area contributed by atoms with Gasteiger partial charge in [0.1, 0.15) is 17.7 Å². The van der Waals surface area contributed by atoms with Crippen LogP contribution >= 0.6 is 0 Å². The number of nitrogens with zero attached hydrogens (tertiary/aromatic N) is 3. The molecular weight excluding hydrogens is 393 g/mol. The number of aromatic nitrogens is 3. The van der Waals surface area contributed by atoms with E-state index in [4.69, 9.17) is 5.73 Å². The number of carbonyl (C=O) groups is 1. The van der Waals surface area contributed by atoms with Crippen molar-refractivity contribution in [3.05, 3.63) is 77.0 Å². The number of rotatable bonds is 4. The van der Waals surface area contributed by atoms with Gasteiger partial charge in [-0.3, -0.25) is 4.79 Å². The second-order valence-corrected chi connectivity index (χ2v) is 7.94. The predicted octanol–water partition coefficient (Wildman–Crippen LogP) is 4.12. The van der Waals surface area contributed by atoms with Gasteiger partial charge in [-0.2, -0.15) is 0 Å². The minimum Gasteiger partial charge on any atom is -0.382 e. The van der Waals surface area contributed by atoms with Crippen LogP contribution in [0.15, 0.2) is 48.8 Å². The Morgan fingerprint density at radius 1 is 1.16 bits per heavy atom. The Bertz CT molecular complexity index is 1310. The van der Waals surface area contributed by atoms with E-state index in [-0.39, 0.29) is 18.1 Å². The van der Waals surface area contributed by atoms with Crippen molar-refractivity contribution in [2.45, 2.75) is 32.6 Å². The molecular formula is C24H22FN5O. The fraction of sp³-hybridized carbons (Fsp3) is 0.208. The molecule has 0 fully saturated rings. The third-order valence-electron chi connectivity index (χ3n) is 5.78. The van der Waals surface area contributed by atoms with Gasteiger partial charge in [-0.15, -0.1) is 0 Å². The van der Waals surface area contributed by atoms with Crippen molar-refractivity contribution in [3.8, 4) is 5.69 Å². The van der Waals surface area contributed by atoms with Crippen LogP contribution in [-0.2, 0) is 24.1 Å². The van der Waals surface area contributed by atoms with E-state index in [0.717, 1.165) is 41.5 Å². The van der Waals surface area contributed by atoms with Crippen LogP contribution in [0.25, 0.3) is 16.7 Å². The molecule has 2 heterocycles. The molecule has 0 atom stereocenters. The fourth-order valence-corrected chi connectivity index (χ4v) is 4.39. The van der Waals surface area contributed by atoms with Crippen LogP contribution < -0.4 is 11.1 Å². The topological polar surface area (TPSA) is 85.8 Å². The minimum atomic E-state index is -0.371. The highest BCUT2D eigenvalue weighted by atomic mass is 19.1. The van der Waals surface area contributed by atoms with Crippen molar-refractivity contribution in [1.82, 2.24) is 14.5 Å². The fourth-order valence-electron chi connectivity index (χ4n) is 4.39. The summed E-state index contributed by atoms with van der Waals surface area (Å²) in [7, 11) is 0. The Balaban J connectivity index is 1.41. The third-order valence-corrected chi connectivity index (χ3v) is 5.78. The van der Waals surface area contributed by atoms with Gasteiger partial charge in [0.05, 0.1) is 11.9 Å². The Kier molecular flexibility index (Phi) is 4.66. The molecule has 2 aromatic heterocycles. The van der Waals surface area contributed by atoms with Crippen molar-refractivity contribution in [2.24, 2.45) is 0 Å². The lowest BCUT2D eigenvalue weighted by Crippen LogP contribution is -2.15. The van der Waals surface area contributed by atoms with E-state index < -0.39 is 0 Å². The van der Waals surface area contributed by atoms with Gasteiger partial charge in [0.15, 0.2) is 5.82 Å². The number of hydrogen-bond donors (Lipinski definition) is 2. The Labute approximate surface area is 178 Å². The molecule has 0 saturated carbocycles. The molecule has 4 aromatic rings. The maximum atomic E-state index is 13.9. The SMILES string of the molecule is Cc1ccc(F)c(CC(=O)Nc2ccc(-n3c4c(c5ncnc(N)c53)CCC4)cc2)c1. The zero-order valence-corrected chi connectivity index (χ0v) is 17.2. The summed E-state index contributed by atoms with van der Waals surface area (Å²) in [6, 6.07) is 12.3. The van der Waals surface area contributed by atoms with E-state index in [1.54, 1.807) is 12.1 Å². The van der Waals surface area contributed by atoms with Crippen molar-refractivity contribution >= 4 is 28.4 Å². The van der Waals surface area contributed by atoms with Crippen LogP contribution in [0, 0.1) is 12.7 Å². The molecule has 3 N–H and O–H groups in total. The number of halogens is 1. The molecule has 1 amide bonds. The lowest BCUT2D eigenvalue weighted by atomic mass is 10.1. The highest BCUT2D eigenvalue weighted by molar-refractivity contribution is 5.93. The van der Waals surface area contributed by atoms with Crippen molar-refractivity contribution in [1.29, 1.82) is 0 Å². The van der Waals surface area contributed by atoms with E-state index in [1.165, 1.54) is 23.7 Å². The summed E-state index contributed by atoms with van der Waals surface area (Å²) in [5, 5.41) is 2.85. The van der Waals surface area contributed by atoms with E-state index in [1.807, 2.05) is 31.2 Å². The largest absolute Gasteiger partial charge is 0.382 e. The normalized spacial score (nSPS) is 12.8. The second kappa shape index (κ2) is 7.50. The van der Waals surface area contributed by atoms with E-state index >= 15 is 0 Å². The molecule has 1 aliphatic rings. The number of amides is 1. The molecule has 31 heavy (non-hydrogen) atoms. The Morgan fingerprint density at radius 2 is 1.97 bits per heavy atom. The molecule has 156 valence electrons. The summed E-state index contributed by atoms with van der Waals surface area (Å²) in [6.07, 6.45) is 4.54. The molecule has 0 saturated heterocycles. The minimum absolute atomic E-state index is 0.0150. The number of carbonyl (C=O) groups excluding carboxylic acids is 1. The van der Waals surface area contributed by atoms with Gasteiger partial charge < -0.3 is 15.6 Å². The predicted molar refractivity (Wildman–Crippen MR) is 119 cm³/mol. The molecule has 1 aliphatic carbocycles. The summed E-state index contributed by atoms with van der Waals surface area (Å²) in [5.41, 5.74) is 13.3. The molecule has 0 spiro atoms. The smallest absolute Gasteiger partial charge is 0.228 e. The lowest BCUT2D eigenvalue weighted by molar-refractivity contribution is -0.115. The molecule has 6 nitrogen and oxygen atoms in total. The number of nitrogen functional groups attached to an aromatic ring is 1. The van der Waals surface area contributed by atoms with E-state index in [2.05, 4.69) is 19.9 Å². The Hall–Kier alpha value is -3.74. The maximum Gasteiger partial charge on any atom is 0.228 e. The van der Waals surface area contributed by atoms with Gasteiger partial charge in [-0.25, -0.2) is 14.4 Å². The lowest BCUT2D eigenvalue weighted by Gasteiger charge is -2.12. The van der Waals surface area contributed by atoms with E-state index in [9.17, 15) is 9.18 Å². The van der Waals surface area contributed by atoms with Crippen LogP contribution in [0.1, 0.15) is 28.8 Å². The first-order chi connectivity index (χ1) is 15.0. The molecule has 0 bridgehead atoms. The highest BCUT2D eigenvalue weighted by Gasteiger charge is 2.25. The van der Waals surface area contributed by atoms with Crippen molar-refractivity contribution < 1.29 is 9.18 Å². The number of anilines is 2. The highest BCUT2D eigenvalue weighted by Crippen LogP contribution is 2.36. The first-order valence-corrected chi connectivity index (χ1v) is 10.3. The summed E-state index contributed by atoms with van der Waals surface area (Å²) < 4.78 is 16.1. The monoisotopic (exact) mass is 415 g/mol.